The quantitative estimate of drug-likeness (QED) is 0.594. The van der Waals surface area contributed by atoms with Gasteiger partial charge in [0.2, 0.25) is 11.7 Å². The number of esters is 1. The standard InChI is InChI=1S/C23H32N4O4/c1-2-29-23(28)18-8-14-27(15-9-18)19-10-12-26(13-11-19)16-22-24-21(25-31-22)17-30-20-6-4-3-5-7-20/h3-7,18-19H,2,8-17H2,1H3. The molecule has 1 aromatic carbocycles. The average Bonchev–Trinajstić information content (AvgIpc) is 3.26. The van der Waals surface area contributed by atoms with Gasteiger partial charge < -0.3 is 18.9 Å². The summed E-state index contributed by atoms with van der Waals surface area (Å²) in [7, 11) is 0. The molecular weight excluding hydrogens is 396 g/mol. The second-order valence-electron chi connectivity index (χ2n) is 8.28. The summed E-state index contributed by atoms with van der Waals surface area (Å²) in [5, 5.41) is 4.04. The van der Waals surface area contributed by atoms with Gasteiger partial charge >= 0.3 is 5.97 Å². The number of carbonyl (C=O) groups is 1. The van der Waals surface area contributed by atoms with Crippen molar-refractivity contribution in [2.24, 2.45) is 5.92 Å². The van der Waals surface area contributed by atoms with Crippen LogP contribution in [0.15, 0.2) is 34.9 Å². The van der Waals surface area contributed by atoms with Crippen LogP contribution in [0.25, 0.3) is 0 Å². The van der Waals surface area contributed by atoms with Crippen molar-refractivity contribution < 1.29 is 18.8 Å². The first-order valence-corrected chi connectivity index (χ1v) is 11.3. The lowest BCUT2D eigenvalue weighted by Gasteiger charge is -2.41. The van der Waals surface area contributed by atoms with Gasteiger partial charge in [0, 0.05) is 19.1 Å². The molecule has 168 valence electrons. The fraction of sp³-hybridized carbons (Fsp3) is 0.609. The number of para-hydroxylation sites is 1. The predicted molar refractivity (Wildman–Crippen MR) is 114 cm³/mol. The number of hydrogen-bond acceptors (Lipinski definition) is 8. The van der Waals surface area contributed by atoms with Crippen LogP contribution in [-0.2, 0) is 22.7 Å². The van der Waals surface area contributed by atoms with Crippen molar-refractivity contribution in [3.8, 4) is 5.75 Å². The van der Waals surface area contributed by atoms with Crippen molar-refractivity contribution >= 4 is 5.97 Å². The third-order valence-corrected chi connectivity index (χ3v) is 6.20. The molecule has 1 aromatic heterocycles. The van der Waals surface area contributed by atoms with Crippen molar-refractivity contribution in [1.82, 2.24) is 19.9 Å². The summed E-state index contributed by atoms with van der Waals surface area (Å²) in [6.07, 6.45) is 4.08. The van der Waals surface area contributed by atoms with Crippen molar-refractivity contribution in [3.63, 3.8) is 0 Å². The Balaban J connectivity index is 1.17. The predicted octanol–water partition coefficient (Wildman–Crippen LogP) is 2.89. The summed E-state index contributed by atoms with van der Waals surface area (Å²) in [5.74, 6) is 2.06. The number of piperidine rings is 2. The van der Waals surface area contributed by atoms with Gasteiger partial charge in [0.1, 0.15) is 5.75 Å². The van der Waals surface area contributed by atoms with Gasteiger partial charge in [0.05, 0.1) is 19.1 Å². The van der Waals surface area contributed by atoms with Crippen molar-refractivity contribution in [2.75, 3.05) is 32.8 Å². The normalized spacial score (nSPS) is 19.4. The Morgan fingerprint density at radius 3 is 2.55 bits per heavy atom. The van der Waals surface area contributed by atoms with Gasteiger partial charge in [0.25, 0.3) is 0 Å². The highest BCUT2D eigenvalue weighted by Crippen LogP contribution is 2.25. The van der Waals surface area contributed by atoms with Crippen molar-refractivity contribution in [2.45, 2.75) is 51.8 Å². The van der Waals surface area contributed by atoms with Crippen LogP contribution in [0.2, 0.25) is 0 Å². The van der Waals surface area contributed by atoms with Gasteiger partial charge in [-0.25, -0.2) is 0 Å². The molecule has 0 saturated carbocycles. The first-order valence-electron chi connectivity index (χ1n) is 11.3. The van der Waals surface area contributed by atoms with E-state index in [0.717, 1.165) is 57.6 Å². The summed E-state index contributed by atoms with van der Waals surface area (Å²) in [6, 6.07) is 10.2. The molecule has 0 N–H and O–H groups in total. The largest absolute Gasteiger partial charge is 0.485 e. The van der Waals surface area contributed by atoms with Crippen molar-refractivity contribution in [3.05, 3.63) is 42.0 Å². The second kappa shape index (κ2) is 10.7. The van der Waals surface area contributed by atoms with E-state index < -0.39 is 0 Å². The highest BCUT2D eigenvalue weighted by atomic mass is 16.5. The third-order valence-electron chi connectivity index (χ3n) is 6.20. The molecule has 3 heterocycles. The molecule has 0 aliphatic carbocycles. The van der Waals surface area contributed by atoms with E-state index >= 15 is 0 Å². The van der Waals surface area contributed by atoms with E-state index in [1.807, 2.05) is 37.3 Å². The lowest BCUT2D eigenvalue weighted by Crippen LogP contribution is -2.48. The molecule has 2 saturated heterocycles. The van der Waals surface area contributed by atoms with Crippen LogP contribution in [0.3, 0.4) is 0 Å². The molecule has 0 unspecified atom stereocenters. The number of nitrogens with zero attached hydrogens (tertiary/aromatic N) is 4. The number of ether oxygens (including phenoxy) is 2. The van der Waals surface area contributed by atoms with Crippen LogP contribution >= 0.6 is 0 Å². The van der Waals surface area contributed by atoms with E-state index in [0.29, 0.717) is 37.5 Å². The van der Waals surface area contributed by atoms with E-state index in [2.05, 4.69) is 19.9 Å². The maximum atomic E-state index is 11.9. The molecule has 0 amide bonds. The lowest BCUT2D eigenvalue weighted by molar-refractivity contribution is -0.149. The fourth-order valence-electron chi connectivity index (χ4n) is 4.47. The molecular formula is C23H32N4O4. The van der Waals surface area contributed by atoms with E-state index in [-0.39, 0.29) is 11.9 Å². The highest BCUT2D eigenvalue weighted by Gasteiger charge is 2.31. The summed E-state index contributed by atoms with van der Waals surface area (Å²) < 4.78 is 16.3. The number of hydrogen-bond donors (Lipinski definition) is 0. The van der Waals surface area contributed by atoms with Crippen LogP contribution in [-0.4, -0.2) is 64.7 Å². The minimum Gasteiger partial charge on any atom is -0.485 e. The van der Waals surface area contributed by atoms with Gasteiger partial charge in [-0.1, -0.05) is 23.4 Å². The zero-order valence-corrected chi connectivity index (χ0v) is 18.2. The van der Waals surface area contributed by atoms with Crippen molar-refractivity contribution in [1.29, 1.82) is 0 Å². The molecule has 2 fully saturated rings. The number of aromatic nitrogens is 2. The molecule has 8 heteroatoms. The molecule has 4 rings (SSSR count). The highest BCUT2D eigenvalue weighted by molar-refractivity contribution is 5.72. The monoisotopic (exact) mass is 428 g/mol. The van der Waals surface area contributed by atoms with Crippen LogP contribution in [0.5, 0.6) is 5.75 Å². The zero-order chi connectivity index (χ0) is 21.5. The molecule has 31 heavy (non-hydrogen) atoms. The Bertz CT molecular complexity index is 812. The minimum atomic E-state index is -0.0231. The first kappa shape index (κ1) is 21.8. The van der Waals surface area contributed by atoms with Gasteiger partial charge in [-0.2, -0.15) is 4.98 Å². The van der Waals surface area contributed by atoms with Crippen LogP contribution in [0, 0.1) is 5.92 Å². The Hall–Kier alpha value is -2.45. The Morgan fingerprint density at radius 1 is 1.10 bits per heavy atom. The summed E-state index contributed by atoms with van der Waals surface area (Å²) in [6.45, 7) is 7.33. The first-order chi connectivity index (χ1) is 15.2. The van der Waals surface area contributed by atoms with Crippen LogP contribution < -0.4 is 4.74 Å². The van der Waals surface area contributed by atoms with E-state index in [4.69, 9.17) is 14.0 Å². The third kappa shape index (κ3) is 6.04. The maximum absolute atomic E-state index is 11.9. The molecule has 2 aliphatic heterocycles. The molecule has 0 bridgehead atoms. The number of likely N-dealkylation sites (tertiary alicyclic amines) is 2. The Kier molecular flexibility index (Phi) is 7.53. The SMILES string of the molecule is CCOC(=O)C1CCN(C2CCN(Cc3nc(COc4ccccc4)no3)CC2)CC1. The molecule has 8 nitrogen and oxygen atoms in total. The minimum absolute atomic E-state index is 0.0231. The van der Waals surface area contributed by atoms with Gasteiger partial charge in [0.15, 0.2) is 6.61 Å². The zero-order valence-electron chi connectivity index (χ0n) is 18.2. The fourth-order valence-corrected chi connectivity index (χ4v) is 4.47. The number of carbonyl (C=O) groups excluding carboxylic acids is 1. The lowest BCUT2D eigenvalue weighted by atomic mass is 9.93. The summed E-state index contributed by atoms with van der Waals surface area (Å²) >= 11 is 0. The average molecular weight is 429 g/mol. The molecule has 0 spiro atoms. The second-order valence-corrected chi connectivity index (χ2v) is 8.28. The number of benzene rings is 1. The van der Waals surface area contributed by atoms with Gasteiger partial charge in [-0.15, -0.1) is 0 Å². The smallest absolute Gasteiger partial charge is 0.309 e. The Labute approximate surface area is 183 Å². The molecule has 0 radical (unpaired) electrons. The maximum Gasteiger partial charge on any atom is 0.309 e. The van der Waals surface area contributed by atoms with E-state index in [1.54, 1.807) is 0 Å². The topological polar surface area (TPSA) is 80.9 Å². The summed E-state index contributed by atoms with van der Waals surface area (Å²) in [5.41, 5.74) is 0. The molecule has 0 atom stereocenters. The van der Waals surface area contributed by atoms with Crippen LogP contribution in [0.4, 0.5) is 0 Å². The number of rotatable bonds is 8. The van der Waals surface area contributed by atoms with Crippen LogP contribution in [0.1, 0.15) is 44.3 Å². The van der Waals surface area contributed by atoms with E-state index in [9.17, 15) is 4.79 Å². The van der Waals surface area contributed by atoms with E-state index in [1.165, 1.54) is 0 Å². The van der Waals surface area contributed by atoms with Gasteiger partial charge in [-0.3, -0.25) is 9.69 Å². The molecule has 2 aliphatic rings. The van der Waals surface area contributed by atoms with Gasteiger partial charge in [-0.05, 0) is 57.8 Å². The Morgan fingerprint density at radius 2 is 1.84 bits per heavy atom. The molecule has 2 aromatic rings. The summed E-state index contributed by atoms with van der Waals surface area (Å²) in [4.78, 5) is 21.3.